The number of carbonyl (C=O) groups excluding carboxylic acids is 2. The Labute approximate surface area is 171 Å². The molecule has 4 rings (SSSR count). The fourth-order valence-corrected chi connectivity index (χ4v) is 4.97. The molecule has 0 aliphatic heterocycles. The van der Waals surface area contributed by atoms with E-state index < -0.39 is 0 Å². The van der Waals surface area contributed by atoms with Crippen LogP contribution in [-0.4, -0.2) is 34.7 Å². The van der Waals surface area contributed by atoms with Crippen molar-refractivity contribution >= 4 is 50.5 Å². The third-order valence-corrected chi connectivity index (χ3v) is 6.73. The fraction of sp³-hybridized carbons (Fsp3) is 0.400. The van der Waals surface area contributed by atoms with Crippen LogP contribution in [0.2, 0.25) is 0 Å². The second kappa shape index (κ2) is 8.79. The minimum absolute atomic E-state index is 0.0847. The lowest BCUT2D eigenvalue weighted by molar-refractivity contribution is -0.125. The third-order valence-electron chi connectivity index (χ3n) is 4.95. The Kier molecular flexibility index (Phi) is 5.97. The van der Waals surface area contributed by atoms with Crippen LogP contribution in [0, 0.1) is 5.92 Å². The summed E-state index contributed by atoms with van der Waals surface area (Å²) in [6.45, 7) is 1.02. The van der Waals surface area contributed by atoms with Crippen molar-refractivity contribution in [3.05, 3.63) is 39.5 Å². The lowest BCUT2D eigenvalue weighted by atomic mass is 9.89. The third kappa shape index (κ3) is 4.23. The molecule has 1 fully saturated rings. The predicted molar refractivity (Wildman–Crippen MR) is 113 cm³/mol. The lowest BCUT2D eigenvalue weighted by Crippen LogP contribution is -2.35. The van der Waals surface area contributed by atoms with E-state index in [0.717, 1.165) is 35.9 Å². The lowest BCUT2D eigenvalue weighted by Gasteiger charge is -2.20. The van der Waals surface area contributed by atoms with Gasteiger partial charge >= 0.3 is 0 Å². The standard InChI is InChI=1S/C20H22N4O2S2/c25-17(15-7-4-11-27-15)16-18-14(8-12-28-18)23-20(24-16)22-10-9-21-19(26)13-5-2-1-3-6-13/h4,7-8,11-13H,1-3,5-6,9-10H2,(H,21,26)(H,22,23,24). The van der Waals surface area contributed by atoms with Crippen LogP contribution in [0.5, 0.6) is 0 Å². The number of aromatic nitrogens is 2. The zero-order valence-corrected chi connectivity index (χ0v) is 17.1. The van der Waals surface area contributed by atoms with E-state index in [1.807, 2.05) is 29.0 Å². The van der Waals surface area contributed by atoms with Crippen molar-refractivity contribution in [1.82, 2.24) is 15.3 Å². The summed E-state index contributed by atoms with van der Waals surface area (Å²) in [7, 11) is 0. The molecule has 146 valence electrons. The molecule has 0 aromatic carbocycles. The molecular weight excluding hydrogens is 392 g/mol. The molecule has 1 amide bonds. The molecule has 3 aromatic heterocycles. The summed E-state index contributed by atoms with van der Waals surface area (Å²) >= 11 is 2.88. The molecule has 6 nitrogen and oxygen atoms in total. The molecule has 0 unspecified atom stereocenters. The fourth-order valence-electron chi connectivity index (χ4n) is 3.49. The summed E-state index contributed by atoms with van der Waals surface area (Å²) in [5.41, 5.74) is 1.19. The van der Waals surface area contributed by atoms with Crippen LogP contribution in [0.3, 0.4) is 0 Å². The van der Waals surface area contributed by atoms with Crippen LogP contribution in [0.25, 0.3) is 10.2 Å². The van der Waals surface area contributed by atoms with E-state index in [9.17, 15) is 9.59 Å². The molecule has 0 spiro atoms. The number of anilines is 1. The van der Waals surface area contributed by atoms with E-state index in [1.165, 1.54) is 29.1 Å². The summed E-state index contributed by atoms with van der Waals surface area (Å²) < 4.78 is 0.801. The molecule has 1 saturated carbocycles. The number of carbonyl (C=O) groups is 2. The Morgan fingerprint density at radius 1 is 1.04 bits per heavy atom. The molecule has 1 aliphatic rings. The first-order chi connectivity index (χ1) is 13.7. The topological polar surface area (TPSA) is 84.0 Å². The average molecular weight is 415 g/mol. The minimum atomic E-state index is -0.0847. The smallest absolute Gasteiger partial charge is 0.224 e. The van der Waals surface area contributed by atoms with Gasteiger partial charge in [-0.05, 0) is 35.7 Å². The van der Waals surface area contributed by atoms with Gasteiger partial charge in [0.2, 0.25) is 17.6 Å². The highest BCUT2D eigenvalue weighted by Crippen LogP contribution is 2.27. The van der Waals surface area contributed by atoms with Gasteiger partial charge in [0, 0.05) is 19.0 Å². The molecule has 0 radical (unpaired) electrons. The number of thiophene rings is 2. The SMILES string of the molecule is O=C(c1cccs1)c1nc(NCCNC(=O)C2CCCCC2)nc2ccsc12. The maximum Gasteiger partial charge on any atom is 0.224 e. The van der Waals surface area contributed by atoms with Gasteiger partial charge in [0.15, 0.2) is 0 Å². The molecule has 8 heteroatoms. The van der Waals surface area contributed by atoms with Crippen LogP contribution in [-0.2, 0) is 4.79 Å². The number of nitrogens with one attached hydrogen (secondary N) is 2. The first-order valence-corrected chi connectivity index (χ1v) is 11.3. The number of rotatable bonds is 7. The Morgan fingerprint density at radius 3 is 2.68 bits per heavy atom. The van der Waals surface area contributed by atoms with Crippen LogP contribution in [0.4, 0.5) is 5.95 Å². The Balaban J connectivity index is 1.40. The van der Waals surface area contributed by atoms with Gasteiger partial charge in [0.1, 0.15) is 5.69 Å². The maximum absolute atomic E-state index is 12.8. The summed E-state index contributed by atoms with van der Waals surface area (Å²) in [5, 5.41) is 9.94. The highest BCUT2D eigenvalue weighted by atomic mass is 32.1. The van der Waals surface area contributed by atoms with Gasteiger partial charge in [-0.25, -0.2) is 9.97 Å². The number of hydrogen-bond donors (Lipinski definition) is 2. The van der Waals surface area contributed by atoms with Gasteiger partial charge < -0.3 is 10.6 Å². The monoisotopic (exact) mass is 414 g/mol. The van der Waals surface area contributed by atoms with E-state index in [0.29, 0.717) is 29.6 Å². The van der Waals surface area contributed by atoms with Gasteiger partial charge in [-0.1, -0.05) is 25.3 Å². The second-order valence-electron chi connectivity index (χ2n) is 6.89. The Morgan fingerprint density at radius 2 is 1.89 bits per heavy atom. The highest BCUT2D eigenvalue weighted by Gasteiger charge is 2.21. The summed E-state index contributed by atoms with van der Waals surface area (Å²) in [6.07, 6.45) is 5.51. The van der Waals surface area contributed by atoms with Crippen molar-refractivity contribution in [2.45, 2.75) is 32.1 Å². The van der Waals surface area contributed by atoms with Crippen LogP contribution in [0.15, 0.2) is 29.0 Å². The molecule has 0 bridgehead atoms. The number of fused-ring (bicyclic) bond motifs is 1. The zero-order chi connectivity index (χ0) is 19.3. The summed E-state index contributed by atoms with van der Waals surface area (Å²) in [5.74, 6) is 0.627. The van der Waals surface area contributed by atoms with Gasteiger partial charge in [-0.3, -0.25) is 9.59 Å². The van der Waals surface area contributed by atoms with Gasteiger partial charge in [-0.15, -0.1) is 22.7 Å². The quantitative estimate of drug-likeness (QED) is 0.449. The Bertz CT molecular complexity index is 962. The first kappa shape index (κ1) is 19.0. The predicted octanol–water partition coefficient (Wildman–Crippen LogP) is 4.09. The molecule has 3 aromatic rings. The van der Waals surface area contributed by atoms with Crippen molar-refractivity contribution in [3.63, 3.8) is 0 Å². The van der Waals surface area contributed by atoms with Crippen molar-refractivity contribution in [1.29, 1.82) is 0 Å². The van der Waals surface area contributed by atoms with E-state index in [4.69, 9.17) is 0 Å². The number of hydrogen-bond acceptors (Lipinski definition) is 7. The summed E-state index contributed by atoms with van der Waals surface area (Å²) in [4.78, 5) is 34.6. The molecule has 1 aliphatic carbocycles. The van der Waals surface area contributed by atoms with Crippen LogP contribution >= 0.6 is 22.7 Å². The molecule has 0 saturated heterocycles. The Hall–Kier alpha value is -2.32. The van der Waals surface area contributed by atoms with E-state index in [-0.39, 0.29) is 17.6 Å². The van der Waals surface area contributed by atoms with Crippen molar-refractivity contribution in [2.75, 3.05) is 18.4 Å². The van der Waals surface area contributed by atoms with Crippen molar-refractivity contribution < 1.29 is 9.59 Å². The second-order valence-corrected chi connectivity index (χ2v) is 8.75. The molecule has 0 atom stereocenters. The van der Waals surface area contributed by atoms with Gasteiger partial charge in [0.05, 0.1) is 15.1 Å². The first-order valence-electron chi connectivity index (χ1n) is 9.57. The molecule has 3 heterocycles. The van der Waals surface area contributed by atoms with E-state index in [1.54, 1.807) is 0 Å². The van der Waals surface area contributed by atoms with E-state index in [2.05, 4.69) is 20.6 Å². The van der Waals surface area contributed by atoms with Crippen molar-refractivity contribution in [2.24, 2.45) is 5.92 Å². The van der Waals surface area contributed by atoms with Crippen molar-refractivity contribution in [3.8, 4) is 0 Å². The van der Waals surface area contributed by atoms with Crippen LogP contribution < -0.4 is 10.6 Å². The van der Waals surface area contributed by atoms with Gasteiger partial charge in [0.25, 0.3) is 0 Å². The number of amides is 1. The normalized spacial score (nSPS) is 14.9. The maximum atomic E-state index is 12.8. The molecule has 28 heavy (non-hydrogen) atoms. The summed E-state index contributed by atoms with van der Waals surface area (Å²) in [6, 6.07) is 5.56. The minimum Gasteiger partial charge on any atom is -0.354 e. The largest absolute Gasteiger partial charge is 0.354 e. The van der Waals surface area contributed by atoms with Gasteiger partial charge in [-0.2, -0.15) is 0 Å². The number of nitrogens with zero attached hydrogens (tertiary/aromatic N) is 2. The van der Waals surface area contributed by atoms with Crippen LogP contribution in [0.1, 0.15) is 47.5 Å². The average Bonchev–Trinajstić information content (AvgIpc) is 3.42. The van der Waals surface area contributed by atoms with E-state index >= 15 is 0 Å². The molecular formula is C20H22N4O2S2. The molecule has 2 N–H and O–H groups in total. The zero-order valence-electron chi connectivity index (χ0n) is 15.4. The number of ketones is 1. The highest BCUT2D eigenvalue weighted by molar-refractivity contribution is 7.17.